The summed E-state index contributed by atoms with van der Waals surface area (Å²) in [5.41, 5.74) is 2.84. The van der Waals surface area contributed by atoms with Gasteiger partial charge in [0.25, 0.3) is 5.91 Å². The SMILES string of the molecule is CN(C)Cc1ccccc1CNC(=O)c1ccc(Oc2ccc(F)cc2)cc1. The van der Waals surface area contributed by atoms with Crippen LogP contribution < -0.4 is 10.1 Å². The van der Waals surface area contributed by atoms with Gasteiger partial charge in [0.2, 0.25) is 0 Å². The number of nitrogens with one attached hydrogen (secondary N) is 1. The number of amides is 1. The summed E-state index contributed by atoms with van der Waals surface area (Å²) in [5, 5.41) is 2.96. The molecule has 0 aliphatic rings. The number of halogens is 1. The van der Waals surface area contributed by atoms with Crippen molar-refractivity contribution in [2.24, 2.45) is 0 Å². The molecule has 0 aliphatic carbocycles. The van der Waals surface area contributed by atoms with Crippen LogP contribution in [0.4, 0.5) is 4.39 Å². The lowest BCUT2D eigenvalue weighted by Crippen LogP contribution is -2.24. The summed E-state index contributed by atoms with van der Waals surface area (Å²) in [7, 11) is 4.04. The van der Waals surface area contributed by atoms with E-state index >= 15 is 0 Å². The van der Waals surface area contributed by atoms with Gasteiger partial charge in [-0.25, -0.2) is 4.39 Å². The van der Waals surface area contributed by atoms with Crippen LogP contribution in [0.5, 0.6) is 11.5 Å². The molecule has 0 saturated carbocycles. The van der Waals surface area contributed by atoms with E-state index in [4.69, 9.17) is 4.74 Å². The molecule has 1 amide bonds. The first-order chi connectivity index (χ1) is 13.5. The van der Waals surface area contributed by atoms with Gasteiger partial charge in [-0.3, -0.25) is 4.79 Å². The second kappa shape index (κ2) is 9.15. The molecule has 0 bridgehead atoms. The van der Waals surface area contributed by atoms with E-state index in [0.29, 0.717) is 23.6 Å². The summed E-state index contributed by atoms with van der Waals surface area (Å²) in [6.07, 6.45) is 0. The van der Waals surface area contributed by atoms with Gasteiger partial charge in [-0.15, -0.1) is 0 Å². The molecule has 0 radical (unpaired) electrons. The molecule has 1 N–H and O–H groups in total. The normalized spacial score (nSPS) is 10.7. The van der Waals surface area contributed by atoms with E-state index in [1.807, 2.05) is 32.3 Å². The number of carbonyl (C=O) groups excluding carboxylic acids is 1. The predicted octanol–water partition coefficient (Wildman–Crippen LogP) is 4.61. The third-order valence-electron chi connectivity index (χ3n) is 4.21. The molecule has 28 heavy (non-hydrogen) atoms. The van der Waals surface area contributed by atoms with Gasteiger partial charge in [-0.05, 0) is 73.8 Å². The number of benzene rings is 3. The molecule has 3 rings (SSSR count). The highest BCUT2D eigenvalue weighted by Crippen LogP contribution is 2.22. The van der Waals surface area contributed by atoms with E-state index in [1.54, 1.807) is 36.4 Å². The van der Waals surface area contributed by atoms with E-state index in [-0.39, 0.29) is 11.7 Å². The molecule has 0 heterocycles. The summed E-state index contributed by atoms with van der Waals surface area (Å²) in [6.45, 7) is 1.29. The number of rotatable bonds is 7. The van der Waals surface area contributed by atoms with Gasteiger partial charge in [0.05, 0.1) is 0 Å². The standard InChI is InChI=1S/C23H23FN2O2/c1-26(2)16-19-6-4-3-5-18(19)15-25-23(27)17-7-11-21(12-8-17)28-22-13-9-20(24)10-14-22/h3-14H,15-16H2,1-2H3,(H,25,27). The van der Waals surface area contributed by atoms with Crippen molar-refractivity contribution in [1.29, 1.82) is 0 Å². The molecule has 0 spiro atoms. The maximum atomic E-state index is 12.9. The molecule has 0 atom stereocenters. The van der Waals surface area contributed by atoms with Crippen molar-refractivity contribution in [2.45, 2.75) is 13.1 Å². The molecule has 3 aromatic rings. The number of carbonyl (C=O) groups is 1. The van der Waals surface area contributed by atoms with Crippen LogP contribution in [0.25, 0.3) is 0 Å². The van der Waals surface area contributed by atoms with E-state index in [9.17, 15) is 9.18 Å². The van der Waals surface area contributed by atoms with E-state index in [2.05, 4.69) is 16.3 Å². The van der Waals surface area contributed by atoms with Gasteiger partial charge in [0.15, 0.2) is 0 Å². The Kier molecular flexibility index (Phi) is 6.40. The quantitative estimate of drug-likeness (QED) is 0.653. The second-order valence-electron chi connectivity index (χ2n) is 6.77. The van der Waals surface area contributed by atoms with Crippen LogP contribution in [0.2, 0.25) is 0 Å². The fourth-order valence-electron chi connectivity index (χ4n) is 2.82. The van der Waals surface area contributed by atoms with Crippen molar-refractivity contribution >= 4 is 5.91 Å². The molecular formula is C23H23FN2O2. The highest BCUT2D eigenvalue weighted by molar-refractivity contribution is 5.94. The van der Waals surface area contributed by atoms with Gasteiger partial charge in [0.1, 0.15) is 17.3 Å². The average Bonchev–Trinajstić information content (AvgIpc) is 2.69. The van der Waals surface area contributed by atoms with Crippen molar-refractivity contribution < 1.29 is 13.9 Å². The molecule has 5 heteroatoms. The van der Waals surface area contributed by atoms with Crippen LogP contribution in [0.15, 0.2) is 72.8 Å². The monoisotopic (exact) mass is 378 g/mol. The highest BCUT2D eigenvalue weighted by Gasteiger charge is 2.08. The van der Waals surface area contributed by atoms with Gasteiger partial charge < -0.3 is 15.0 Å². The van der Waals surface area contributed by atoms with Crippen LogP contribution in [0.3, 0.4) is 0 Å². The smallest absolute Gasteiger partial charge is 0.251 e. The Labute approximate surface area is 164 Å². The molecule has 0 saturated heterocycles. The Morgan fingerprint density at radius 3 is 2.07 bits per heavy atom. The predicted molar refractivity (Wildman–Crippen MR) is 108 cm³/mol. The minimum atomic E-state index is -0.313. The van der Waals surface area contributed by atoms with Crippen molar-refractivity contribution in [3.8, 4) is 11.5 Å². The van der Waals surface area contributed by atoms with Gasteiger partial charge >= 0.3 is 0 Å². The maximum Gasteiger partial charge on any atom is 0.251 e. The molecule has 4 nitrogen and oxygen atoms in total. The molecule has 3 aromatic carbocycles. The van der Waals surface area contributed by atoms with Gasteiger partial charge in [0, 0.05) is 18.7 Å². The summed E-state index contributed by atoms with van der Waals surface area (Å²) in [5.74, 6) is 0.662. The zero-order chi connectivity index (χ0) is 19.9. The average molecular weight is 378 g/mol. The number of hydrogen-bond acceptors (Lipinski definition) is 3. The topological polar surface area (TPSA) is 41.6 Å². The number of nitrogens with zero attached hydrogens (tertiary/aromatic N) is 1. The summed E-state index contributed by atoms with van der Waals surface area (Å²) in [6, 6.07) is 20.7. The Morgan fingerprint density at radius 2 is 1.46 bits per heavy atom. The third kappa shape index (κ3) is 5.41. The minimum Gasteiger partial charge on any atom is -0.457 e. The van der Waals surface area contributed by atoms with Crippen molar-refractivity contribution in [1.82, 2.24) is 10.2 Å². The van der Waals surface area contributed by atoms with E-state index < -0.39 is 0 Å². The lowest BCUT2D eigenvalue weighted by molar-refractivity contribution is 0.0951. The summed E-state index contributed by atoms with van der Waals surface area (Å²) >= 11 is 0. The molecule has 144 valence electrons. The fraction of sp³-hybridized carbons (Fsp3) is 0.174. The molecule has 0 fully saturated rings. The molecule has 0 aromatic heterocycles. The third-order valence-corrected chi connectivity index (χ3v) is 4.21. The van der Waals surface area contributed by atoms with Gasteiger partial charge in [-0.2, -0.15) is 0 Å². The van der Waals surface area contributed by atoms with Crippen molar-refractivity contribution in [3.05, 3.63) is 95.3 Å². The fourth-order valence-corrected chi connectivity index (χ4v) is 2.82. The minimum absolute atomic E-state index is 0.145. The van der Waals surface area contributed by atoms with Crippen LogP contribution in [-0.2, 0) is 13.1 Å². The second-order valence-corrected chi connectivity index (χ2v) is 6.77. The first-order valence-electron chi connectivity index (χ1n) is 9.04. The zero-order valence-electron chi connectivity index (χ0n) is 16.0. The maximum absolute atomic E-state index is 12.9. The van der Waals surface area contributed by atoms with Crippen LogP contribution >= 0.6 is 0 Å². The van der Waals surface area contributed by atoms with Crippen LogP contribution in [-0.4, -0.2) is 24.9 Å². The largest absolute Gasteiger partial charge is 0.457 e. The first-order valence-corrected chi connectivity index (χ1v) is 9.04. The zero-order valence-corrected chi connectivity index (χ0v) is 16.0. The number of hydrogen-bond donors (Lipinski definition) is 1. The Morgan fingerprint density at radius 1 is 0.893 bits per heavy atom. The van der Waals surface area contributed by atoms with Crippen LogP contribution in [0, 0.1) is 5.82 Å². The highest BCUT2D eigenvalue weighted by atomic mass is 19.1. The summed E-state index contributed by atoms with van der Waals surface area (Å²) < 4.78 is 18.6. The van der Waals surface area contributed by atoms with Gasteiger partial charge in [-0.1, -0.05) is 24.3 Å². The Balaban J connectivity index is 1.60. The molecule has 0 aliphatic heterocycles. The van der Waals surface area contributed by atoms with Crippen molar-refractivity contribution in [2.75, 3.05) is 14.1 Å². The molecular weight excluding hydrogens is 355 g/mol. The first kappa shape index (κ1) is 19.6. The Hall–Kier alpha value is -3.18. The summed E-state index contributed by atoms with van der Waals surface area (Å²) in [4.78, 5) is 14.6. The Bertz CT molecular complexity index is 922. The lowest BCUT2D eigenvalue weighted by atomic mass is 10.1. The van der Waals surface area contributed by atoms with Crippen LogP contribution in [0.1, 0.15) is 21.5 Å². The van der Waals surface area contributed by atoms with E-state index in [1.165, 1.54) is 17.7 Å². The lowest BCUT2D eigenvalue weighted by Gasteiger charge is -2.14. The number of ether oxygens (including phenoxy) is 1. The van der Waals surface area contributed by atoms with E-state index in [0.717, 1.165) is 12.1 Å². The molecule has 0 unspecified atom stereocenters. The van der Waals surface area contributed by atoms with Crippen molar-refractivity contribution in [3.63, 3.8) is 0 Å².